The summed E-state index contributed by atoms with van der Waals surface area (Å²) in [6, 6.07) is 6.81. The fourth-order valence-electron chi connectivity index (χ4n) is 4.42. The van der Waals surface area contributed by atoms with Crippen molar-refractivity contribution in [2.75, 3.05) is 39.3 Å². The molecule has 2 heterocycles. The van der Waals surface area contributed by atoms with Crippen LogP contribution in [0.25, 0.3) is 0 Å². The van der Waals surface area contributed by atoms with E-state index in [1.165, 1.54) is 0 Å². The van der Waals surface area contributed by atoms with E-state index < -0.39 is 0 Å². The second-order valence-corrected chi connectivity index (χ2v) is 8.28. The lowest BCUT2D eigenvalue weighted by Gasteiger charge is -2.52. The summed E-state index contributed by atoms with van der Waals surface area (Å²) in [6.45, 7) is 9.71. The molecule has 0 bridgehead atoms. The molecular weight excluding hydrogens is 354 g/mol. The van der Waals surface area contributed by atoms with Gasteiger partial charge in [0.1, 0.15) is 0 Å². The van der Waals surface area contributed by atoms with Crippen LogP contribution in [-0.4, -0.2) is 64.9 Å². The average Bonchev–Trinajstić information content (AvgIpc) is 2.65. The van der Waals surface area contributed by atoms with Crippen LogP contribution in [0.15, 0.2) is 24.3 Å². The molecule has 7 heteroatoms. The van der Waals surface area contributed by atoms with E-state index in [4.69, 9.17) is 11.6 Å². The normalized spacial score (nSPS) is 29.0. The van der Waals surface area contributed by atoms with Gasteiger partial charge in [0.15, 0.2) is 11.3 Å². The molecule has 3 unspecified atom stereocenters. The second-order valence-electron chi connectivity index (χ2n) is 7.83. The van der Waals surface area contributed by atoms with Gasteiger partial charge >= 0.3 is 0 Å². The fourth-order valence-corrected chi connectivity index (χ4v) is 4.82. The van der Waals surface area contributed by atoms with Gasteiger partial charge in [0, 0.05) is 31.8 Å². The maximum absolute atomic E-state index is 12.2. The van der Waals surface area contributed by atoms with E-state index in [2.05, 4.69) is 4.90 Å². The van der Waals surface area contributed by atoms with Crippen LogP contribution in [0.4, 0.5) is 5.69 Å². The van der Waals surface area contributed by atoms with Crippen molar-refractivity contribution >= 4 is 23.1 Å². The summed E-state index contributed by atoms with van der Waals surface area (Å²) >= 11 is 6.70. The van der Waals surface area contributed by atoms with Crippen molar-refractivity contribution < 1.29 is 14.2 Å². The van der Waals surface area contributed by atoms with E-state index >= 15 is 0 Å². The molecule has 0 saturated carbocycles. The SMILES string of the molecule is CC1C[N+]2(CCN(CCc3ccc([N+](=O)[O-])cc3)CC2)C(Cl)C(C)C1=O. The molecular formula is C19H27ClN3O3+. The van der Waals surface area contributed by atoms with Gasteiger partial charge in [0.05, 0.1) is 36.4 Å². The number of nitro groups is 1. The molecule has 0 amide bonds. The molecule has 3 atom stereocenters. The Kier molecular flexibility index (Phi) is 5.65. The molecule has 0 aromatic heterocycles. The number of quaternary nitrogens is 1. The Balaban J connectivity index is 1.54. The highest BCUT2D eigenvalue weighted by Gasteiger charge is 2.50. The van der Waals surface area contributed by atoms with Crippen molar-refractivity contribution in [2.45, 2.75) is 25.8 Å². The molecule has 0 aliphatic carbocycles. The summed E-state index contributed by atoms with van der Waals surface area (Å²) in [6.07, 6.45) is 0.883. The number of carbonyl (C=O) groups excluding carboxylic acids is 1. The second kappa shape index (κ2) is 7.62. The summed E-state index contributed by atoms with van der Waals surface area (Å²) in [7, 11) is 0. The van der Waals surface area contributed by atoms with E-state index in [9.17, 15) is 14.9 Å². The molecule has 2 aliphatic heterocycles. The minimum Gasteiger partial charge on any atom is -0.305 e. The van der Waals surface area contributed by atoms with Gasteiger partial charge in [0.25, 0.3) is 5.69 Å². The van der Waals surface area contributed by atoms with Crippen LogP contribution in [-0.2, 0) is 11.2 Å². The van der Waals surface area contributed by atoms with Crippen molar-refractivity contribution in [1.82, 2.24) is 4.90 Å². The molecule has 1 aromatic carbocycles. The molecule has 2 aliphatic rings. The van der Waals surface area contributed by atoms with Crippen molar-refractivity contribution in [3.8, 4) is 0 Å². The van der Waals surface area contributed by atoms with Crippen LogP contribution < -0.4 is 0 Å². The summed E-state index contributed by atoms with van der Waals surface area (Å²) in [5.74, 6) is 0.313. The highest BCUT2D eigenvalue weighted by Crippen LogP contribution is 2.35. The lowest BCUT2D eigenvalue weighted by molar-refractivity contribution is -0.949. The predicted octanol–water partition coefficient (Wildman–Crippen LogP) is 2.69. The number of piperazine rings is 1. The first-order chi connectivity index (χ1) is 12.3. The molecule has 1 spiro atoms. The first-order valence-corrected chi connectivity index (χ1v) is 9.75. The zero-order valence-corrected chi connectivity index (χ0v) is 16.2. The monoisotopic (exact) mass is 380 g/mol. The largest absolute Gasteiger partial charge is 0.305 e. The molecule has 0 N–H and O–H groups in total. The Bertz CT molecular complexity index is 671. The lowest BCUT2D eigenvalue weighted by atomic mass is 9.87. The Morgan fingerprint density at radius 1 is 1.23 bits per heavy atom. The number of ketones is 1. The molecule has 6 nitrogen and oxygen atoms in total. The Morgan fingerprint density at radius 2 is 1.85 bits per heavy atom. The number of rotatable bonds is 4. The molecule has 26 heavy (non-hydrogen) atoms. The zero-order valence-electron chi connectivity index (χ0n) is 15.4. The van der Waals surface area contributed by atoms with Crippen molar-refractivity contribution in [3.05, 3.63) is 39.9 Å². The van der Waals surface area contributed by atoms with E-state index in [0.29, 0.717) is 5.78 Å². The van der Waals surface area contributed by atoms with Gasteiger partial charge in [-0.3, -0.25) is 19.8 Å². The summed E-state index contributed by atoms with van der Waals surface area (Å²) in [5.41, 5.74) is 1.14. The average molecular weight is 381 g/mol. The summed E-state index contributed by atoms with van der Waals surface area (Å²) < 4.78 is 0.851. The Labute approximate surface area is 159 Å². The van der Waals surface area contributed by atoms with E-state index in [0.717, 1.165) is 55.7 Å². The summed E-state index contributed by atoms with van der Waals surface area (Å²) in [5, 5.41) is 10.7. The molecule has 2 saturated heterocycles. The summed E-state index contributed by atoms with van der Waals surface area (Å²) in [4.78, 5) is 25.0. The van der Waals surface area contributed by atoms with Crippen molar-refractivity contribution in [1.29, 1.82) is 0 Å². The quantitative estimate of drug-likeness (QED) is 0.265. The van der Waals surface area contributed by atoms with Crippen LogP contribution in [0.5, 0.6) is 0 Å². The number of nitro benzene ring substituents is 1. The highest BCUT2D eigenvalue weighted by molar-refractivity contribution is 6.21. The third kappa shape index (κ3) is 3.77. The number of nitrogens with zero attached hydrogens (tertiary/aromatic N) is 3. The molecule has 142 valence electrons. The van der Waals surface area contributed by atoms with E-state index in [1.54, 1.807) is 12.1 Å². The fraction of sp³-hybridized carbons (Fsp3) is 0.632. The number of alkyl halides is 1. The maximum Gasteiger partial charge on any atom is 0.269 e. The van der Waals surface area contributed by atoms with Crippen LogP contribution in [0.2, 0.25) is 0 Å². The van der Waals surface area contributed by atoms with Crippen LogP contribution in [0.1, 0.15) is 19.4 Å². The van der Waals surface area contributed by atoms with Gasteiger partial charge in [-0.1, -0.05) is 30.7 Å². The third-order valence-corrected chi connectivity index (χ3v) is 6.89. The van der Waals surface area contributed by atoms with Crippen LogP contribution >= 0.6 is 11.6 Å². The first kappa shape index (κ1) is 19.3. The number of Topliss-reactive ketones (excluding diaryl/α,β-unsaturated/α-hetero) is 1. The highest BCUT2D eigenvalue weighted by atomic mass is 35.5. The smallest absolute Gasteiger partial charge is 0.269 e. The maximum atomic E-state index is 12.2. The Morgan fingerprint density at radius 3 is 2.42 bits per heavy atom. The van der Waals surface area contributed by atoms with Gasteiger partial charge in [-0.15, -0.1) is 0 Å². The van der Waals surface area contributed by atoms with Gasteiger partial charge < -0.3 is 4.48 Å². The zero-order chi connectivity index (χ0) is 18.9. The third-order valence-electron chi connectivity index (χ3n) is 6.09. The number of piperidine rings is 1. The number of hydrogen-bond acceptors (Lipinski definition) is 4. The van der Waals surface area contributed by atoms with Gasteiger partial charge in [0.2, 0.25) is 0 Å². The number of hydrogen-bond donors (Lipinski definition) is 0. The van der Waals surface area contributed by atoms with Gasteiger partial charge in [-0.2, -0.15) is 0 Å². The number of benzene rings is 1. The number of carbonyl (C=O) groups is 1. The lowest BCUT2D eigenvalue weighted by Crippen LogP contribution is -2.69. The van der Waals surface area contributed by atoms with Gasteiger partial charge in [-0.05, 0) is 18.9 Å². The Hall–Kier alpha value is -1.50. The topological polar surface area (TPSA) is 63.4 Å². The standard InChI is InChI=1S/C19H27ClN3O3/c1-14-13-23(19(20)15(2)18(14)24)11-9-21(10-12-23)8-7-16-3-5-17(6-4-16)22(25)26/h3-6,14-15,19H,7-13H2,1-2H3/q+1. The molecule has 3 rings (SSSR count). The minimum absolute atomic E-state index is 0.0768. The van der Waals surface area contributed by atoms with Crippen LogP contribution in [0.3, 0.4) is 0 Å². The number of non-ortho nitro benzene ring substituents is 1. The van der Waals surface area contributed by atoms with E-state index in [-0.39, 0.29) is 27.9 Å². The van der Waals surface area contributed by atoms with Crippen molar-refractivity contribution in [2.24, 2.45) is 11.8 Å². The molecule has 2 fully saturated rings. The van der Waals surface area contributed by atoms with Crippen LogP contribution in [0, 0.1) is 22.0 Å². The van der Waals surface area contributed by atoms with E-state index in [1.807, 2.05) is 26.0 Å². The molecule has 1 aromatic rings. The molecule has 0 radical (unpaired) electrons. The van der Waals surface area contributed by atoms with Gasteiger partial charge in [-0.25, -0.2) is 0 Å². The van der Waals surface area contributed by atoms with Crippen molar-refractivity contribution in [3.63, 3.8) is 0 Å². The number of halogens is 1. The predicted molar refractivity (Wildman–Crippen MR) is 101 cm³/mol. The minimum atomic E-state index is -0.370. The first-order valence-electron chi connectivity index (χ1n) is 9.32.